The highest BCUT2D eigenvalue weighted by atomic mass is 28.3. The summed E-state index contributed by atoms with van der Waals surface area (Å²) < 4.78 is 0. The molecule has 1 N–H and O–H groups in total. The monoisotopic (exact) mass is 207 g/mol. The van der Waals surface area contributed by atoms with Crippen LogP contribution in [0.2, 0.25) is 19.1 Å². The SMILES string of the molecule is CNC(=O)C[Si](C)(C)c1ccccc1. The molecule has 0 saturated carbocycles. The molecule has 0 heterocycles. The van der Waals surface area contributed by atoms with E-state index in [1.807, 2.05) is 18.2 Å². The van der Waals surface area contributed by atoms with Gasteiger partial charge in [0.2, 0.25) is 5.91 Å². The molecule has 1 aromatic carbocycles. The molecule has 0 aliphatic carbocycles. The minimum Gasteiger partial charge on any atom is -0.359 e. The first-order valence-electron chi connectivity index (χ1n) is 4.82. The highest BCUT2D eigenvalue weighted by molar-refractivity contribution is 6.91. The van der Waals surface area contributed by atoms with Gasteiger partial charge in [0.1, 0.15) is 0 Å². The second-order valence-corrected chi connectivity index (χ2v) is 8.80. The summed E-state index contributed by atoms with van der Waals surface area (Å²) in [5.41, 5.74) is 0. The van der Waals surface area contributed by atoms with E-state index in [9.17, 15) is 4.79 Å². The van der Waals surface area contributed by atoms with Crippen LogP contribution in [0.5, 0.6) is 0 Å². The Balaban J connectivity index is 2.80. The van der Waals surface area contributed by atoms with Crippen LogP contribution in [0.15, 0.2) is 30.3 Å². The van der Waals surface area contributed by atoms with Crippen molar-refractivity contribution in [2.75, 3.05) is 7.05 Å². The third-order valence-electron chi connectivity index (χ3n) is 2.44. The van der Waals surface area contributed by atoms with Gasteiger partial charge in [-0.1, -0.05) is 48.6 Å². The van der Waals surface area contributed by atoms with Crippen molar-refractivity contribution in [2.24, 2.45) is 0 Å². The summed E-state index contributed by atoms with van der Waals surface area (Å²) in [5, 5.41) is 4.02. The van der Waals surface area contributed by atoms with E-state index in [-0.39, 0.29) is 5.91 Å². The standard InChI is InChI=1S/C11H17NOSi/c1-12-11(13)9-14(2,3)10-7-5-4-6-8-10/h4-8H,9H2,1-3H3,(H,12,13). The fourth-order valence-corrected chi connectivity index (χ4v) is 3.76. The van der Waals surface area contributed by atoms with Gasteiger partial charge in [-0.25, -0.2) is 0 Å². The average Bonchev–Trinajstić information content (AvgIpc) is 2.18. The van der Waals surface area contributed by atoms with E-state index in [1.165, 1.54) is 5.19 Å². The van der Waals surface area contributed by atoms with Gasteiger partial charge in [-0.2, -0.15) is 0 Å². The number of carbonyl (C=O) groups excluding carboxylic acids is 1. The van der Waals surface area contributed by atoms with E-state index in [0.717, 1.165) is 0 Å². The van der Waals surface area contributed by atoms with Crippen LogP contribution >= 0.6 is 0 Å². The smallest absolute Gasteiger partial charge is 0.217 e. The molecular weight excluding hydrogens is 190 g/mol. The van der Waals surface area contributed by atoms with E-state index in [1.54, 1.807) is 7.05 Å². The van der Waals surface area contributed by atoms with Crippen LogP contribution in [0.3, 0.4) is 0 Å². The van der Waals surface area contributed by atoms with E-state index in [2.05, 4.69) is 30.5 Å². The normalized spacial score (nSPS) is 11.1. The molecule has 1 aromatic rings. The number of hydrogen-bond acceptors (Lipinski definition) is 1. The Hall–Kier alpha value is -1.09. The van der Waals surface area contributed by atoms with Crippen molar-refractivity contribution < 1.29 is 4.79 Å². The summed E-state index contributed by atoms with van der Waals surface area (Å²) in [6.07, 6.45) is 0. The molecule has 0 spiro atoms. The molecule has 0 aliphatic heterocycles. The third kappa shape index (κ3) is 2.70. The van der Waals surface area contributed by atoms with Crippen molar-refractivity contribution in [3.63, 3.8) is 0 Å². The maximum absolute atomic E-state index is 11.3. The van der Waals surface area contributed by atoms with Gasteiger partial charge in [-0.3, -0.25) is 4.79 Å². The van der Waals surface area contributed by atoms with Crippen LogP contribution in [-0.2, 0) is 4.79 Å². The quantitative estimate of drug-likeness (QED) is 0.745. The molecule has 1 amide bonds. The lowest BCUT2D eigenvalue weighted by molar-refractivity contribution is -0.118. The van der Waals surface area contributed by atoms with Crippen molar-refractivity contribution >= 4 is 19.2 Å². The predicted octanol–water partition coefficient (Wildman–Crippen LogP) is 1.35. The fraction of sp³-hybridized carbons (Fsp3) is 0.364. The maximum Gasteiger partial charge on any atom is 0.217 e. The number of benzene rings is 1. The Kier molecular flexibility index (Phi) is 3.47. The second-order valence-electron chi connectivity index (χ2n) is 4.10. The topological polar surface area (TPSA) is 29.1 Å². The summed E-state index contributed by atoms with van der Waals surface area (Å²) in [6, 6.07) is 11.0. The molecule has 0 radical (unpaired) electrons. The number of carbonyl (C=O) groups is 1. The van der Waals surface area contributed by atoms with Crippen LogP contribution in [0.1, 0.15) is 0 Å². The number of amides is 1. The van der Waals surface area contributed by atoms with E-state index in [4.69, 9.17) is 0 Å². The highest BCUT2D eigenvalue weighted by Gasteiger charge is 2.25. The Bertz CT molecular complexity index is 308. The van der Waals surface area contributed by atoms with Crippen molar-refractivity contribution in [2.45, 2.75) is 19.1 Å². The molecule has 0 saturated heterocycles. The molecule has 0 aromatic heterocycles. The van der Waals surface area contributed by atoms with Gasteiger partial charge >= 0.3 is 0 Å². The maximum atomic E-state index is 11.3. The molecule has 0 fully saturated rings. The molecule has 76 valence electrons. The van der Waals surface area contributed by atoms with Crippen molar-refractivity contribution in [1.82, 2.24) is 5.32 Å². The van der Waals surface area contributed by atoms with Crippen LogP contribution in [-0.4, -0.2) is 21.0 Å². The van der Waals surface area contributed by atoms with Gasteiger partial charge in [-0.05, 0) is 0 Å². The largest absolute Gasteiger partial charge is 0.359 e. The third-order valence-corrected chi connectivity index (χ3v) is 5.54. The van der Waals surface area contributed by atoms with Crippen LogP contribution in [0.25, 0.3) is 0 Å². The minimum atomic E-state index is -1.58. The number of nitrogens with one attached hydrogen (secondary N) is 1. The van der Waals surface area contributed by atoms with Gasteiger partial charge in [0.05, 0.1) is 8.07 Å². The van der Waals surface area contributed by atoms with Crippen LogP contribution in [0, 0.1) is 0 Å². The van der Waals surface area contributed by atoms with Crippen LogP contribution in [0.4, 0.5) is 0 Å². The second kappa shape index (κ2) is 4.42. The van der Waals surface area contributed by atoms with E-state index < -0.39 is 8.07 Å². The molecule has 0 atom stereocenters. The lowest BCUT2D eigenvalue weighted by Crippen LogP contribution is -2.44. The highest BCUT2D eigenvalue weighted by Crippen LogP contribution is 2.09. The number of hydrogen-bond donors (Lipinski definition) is 1. The van der Waals surface area contributed by atoms with E-state index in [0.29, 0.717) is 6.04 Å². The fourth-order valence-electron chi connectivity index (χ4n) is 1.48. The van der Waals surface area contributed by atoms with E-state index >= 15 is 0 Å². The molecule has 14 heavy (non-hydrogen) atoms. The lowest BCUT2D eigenvalue weighted by atomic mass is 10.4. The first-order valence-corrected chi connectivity index (χ1v) is 8.03. The van der Waals surface area contributed by atoms with Crippen molar-refractivity contribution in [3.8, 4) is 0 Å². The Morgan fingerprint density at radius 3 is 2.36 bits per heavy atom. The van der Waals surface area contributed by atoms with Gasteiger partial charge in [-0.15, -0.1) is 0 Å². The van der Waals surface area contributed by atoms with Gasteiger partial charge < -0.3 is 5.32 Å². The molecule has 0 unspecified atom stereocenters. The average molecular weight is 207 g/mol. The Morgan fingerprint density at radius 2 is 1.86 bits per heavy atom. The molecule has 3 heteroatoms. The zero-order chi connectivity index (χ0) is 10.6. The first-order chi connectivity index (χ1) is 6.56. The Morgan fingerprint density at radius 1 is 1.29 bits per heavy atom. The molecular formula is C11H17NOSi. The summed E-state index contributed by atoms with van der Waals surface area (Å²) >= 11 is 0. The van der Waals surface area contributed by atoms with Crippen molar-refractivity contribution in [3.05, 3.63) is 30.3 Å². The summed E-state index contributed by atoms with van der Waals surface area (Å²) in [5.74, 6) is 0.144. The Labute approximate surface area is 86.3 Å². The van der Waals surface area contributed by atoms with Crippen molar-refractivity contribution in [1.29, 1.82) is 0 Å². The summed E-state index contributed by atoms with van der Waals surface area (Å²) in [6.45, 7) is 4.44. The zero-order valence-corrected chi connectivity index (χ0v) is 10.0. The molecule has 0 bridgehead atoms. The van der Waals surface area contributed by atoms with Gasteiger partial charge in [0.25, 0.3) is 0 Å². The molecule has 0 aliphatic rings. The predicted molar refractivity (Wildman–Crippen MR) is 62.4 cm³/mol. The first kappa shape index (κ1) is 11.0. The molecule has 2 nitrogen and oxygen atoms in total. The lowest BCUT2D eigenvalue weighted by Gasteiger charge is -2.21. The minimum absolute atomic E-state index is 0.144. The zero-order valence-electron chi connectivity index (χ0n) is 9.00. The van der Waals surface area contributed by atoms with Gasteiger partial charge in [0.15, 0.2) is 0 Å². The van der Waals surface area contributed by atoms with Crippen LogP contribution < -0.4 is 10.5 Å². The molecule has 1 rings (SSSR count). The number of rotatable bonds is 3. The summed E-state index contributed by atoms with van der Waals surface area (Å²) in [7, 11) is 0.117. The van der Waals surface area contributed by atoms with Gasteiger partial charge in [0, 0.05) is 13.1 Å². The summed E-state index contributed by atoms with van der Waals surface area (Å²) in [4.78, 5) is 11.3.